The fourth-order valence-corrected chi connectivity index (χ4v) is 4.28. The Morgan fingerprint density at radius 3 is 2.44 bits per heavy atom. The number of hydrogen-bond acceptors (Lipinski definition) is 6. The van der Waals surface area contributed by atoms with E-state index < -0.39 is 0 Å². The van der Waals surface area contributed by atoms with Crippen LogP contribution in [0.4, 0.5) is 16.5 Å². The topological polar surface area (TPSA) is 66.9 Å². The zero-order valence-electron chi connectivity index (χ0n) is 14.9. The maximum absolute atomic E-state index is 12.3. The molecule has 0 aliphatic rings. The Morgan fingerprint density at radius 1 is 1.11 bits per heavy atom. The summed E-state index contributed by atoms with van der Waals surface area (Å²) in [4.78, 5) is 12.3. The Morgan fingerprint density at radius 2 is 1.78 bits per heavy atom. The highest BCUT2D eigenvalue weighted by molar-refractivity contribution is 8.02. The first-order chi connectivity index (χ1) is 13.0. The second-order valence-corrected chi connectivity index (χ2v) is 8.81. The minimum Gasteiger partial charge on any atom is -0.330 e. The van der Waals surface area contributed by atoms with Crippen LogP contribution < -0.4 is 10.6 Å². The van der Waals surface area contributed by atoms with Crippen LogP contribution in [0.2, 0.25) is 5.02 Å². The molecule has 3 rings (SSSR count). The summed E-state index contributed by atoms with van der Waals surface area (Å²) in [7, 11) is 0. The number of amides is 1. The van der Waals surface area contributed by atoms with Gasteiger partial charge in [0.1, 0.15) is 0 Å². The molecule has 1 amide bonds. The first kappa shape index (κ1) is 19.7. The van der Waals surface area contributed by atoms with Gasteiger partial charge in [-0.2, -0.15) is 0 Å². The molecule has 0 fully saturated rings. The second-order valence-electron chi connectivity index (χ2n) is 5.80. The fourth-order valence-electron chi connectivity index (χ4n) is 2.24. The van der Waals surface area contributed by atoms with Crippen LogP contribution in [0.5, 0.6) is 0 Å². The molecule has 0 saturated heterocycles. The maximum Gasteiger partial charge on any atom is 0.237 e. The first-order valence-electron chi connectivity index (χ1n) is 8.46. The third kappa shape index (κ3) is 5.69. The largest absolute Gasteiger partial charge is 0.330 e. The van der Waals surface area contributed by atoms with Crippen LogP contribution in [0.25, 0.3) is 0 Å². The van der Waals surface area contributed by atoms with Crippen molar-refractivity contribution in [2.24, 2.45) is 0 Å². The van der Waals surface area contributed by atoms with Gasteiger partial charge >= 0.3 is 0 Å². The lowest BCUT2D eigenvalue weighted by Crippen LogP contribution is -2.22. The van der Waals surface area contributed by atoms with Gasteiger partial charge in [0.05, 0.1) is 5.25 Å². The molecule has 8 heteroatoms. The molecular formula is C19H19ClN4OS2. The molecule has 0 radical (unpaired) electrons. The number of aromatic nitrogens is 2. The van der Waals surface area contributed by atoms with Gasteiger partial charge < -0.3 is 10.6 Å². The highest BCUT2D eigenvalue weighted by atomic mass is 35.5. The highest BCUT2D eigenvalue weighted by Crippen LogP contribution is 2.31. The van der Waals surface area contributed by atoms with Crippen LogP contribution in [-0.4, -0.2) is 21.4 Å². The van der Waals surface area contributed by atoms with Crippen LogP contribution >= 0.6 is 34.7 Å². The van der Waals surface area contributed by atoms with Crippen molar-refractivity contribution >= 4 is 57.1 Å². The quantitative estimate of drug-likeness (QED) is 0.487. The van der Waals surface area contributed by atoms with Crippen LogP contribution in [0.3, 0.4) is 0 Å². The van der Waals surface area contributed by atoms with Crippen LogP contribution in [0, 0.1) is 0 Å². The number of hydrogen-bond donors (Lipinski definition) is 2. The maximum atomic E-state index is 12.3. The molecule has 0 saturated carbocycles. The summed E-state index contributed by atoms with van der Waals surface area (Å²) in [6, 6.07) is 15.2. The molecule has 0 aliphatic heterocycles. The number of rotatable bonds is 7. The Balaban J connectivity index is 1.55. The average Bonchev–Trinajstić information content (AvgIpc) is 3.11. The Kier molecular flexibility index (Phi) is 6.71. The SMILES string of the molecule is CCc1ccc(Nc2nnc(S[C@@H](C)C(=O)Nc3ccc(Cl)cc3)s2)cc1. The van der Waals surface area contributed by atoms with Crippen LogP contribution in [0.1, 0.15) is 19.4 Å². The van der Waals surface area contributed by atoms with Gasteiger partial charge in [-0.05, 0) is 55.3 Å². The lowest BCUT2D eigenvalue weighted by molar-refractivity contribution is -0.115. The van der Waals surface area contributed by atoms with E-state index in [1.807, 2.05) is 19.1 Å². The molecule has 0 unspecified atom stereocenters. The second kappa shape index (κ2) is 9.21. The minimum absolute atomic E-state index is 0.0952. The van der Waals surface area contributed by atoms with E-state index in [-0.39, 0.29) is 11.2 Å². The fraction of sp³-hybridized carbons (Fsp3) is 0.211. The Hall–Kier alpha value is -2.09. The van der Waals surface area contributed by atoms with Gasteiger partial charge in [-0.1, -0.05) is 53.8 Å². The van der Waals surface area contributed by atoms with Crippen molar-refractivity contribution in [2.45, 2.75) is 29.9 Å². The minimum atomic E-state index is -0.301. The van der Waals surface area contributed by atoms with Gasteiger partial charge in [-0.25, -0.2) is 0 Å². The van der Waals surface area contributed by atoms with Crippen molar-refractivity contribution in [3.63, 3.8) is 0 Å². The van der Waals surface area contributed by atoms with E-state index >= 15 is 0 Å². The molecule has 140 valence electrons. The van der Waals surface area contributed by atoms with E-state index in [2.05, 4.69) is 39.9 Å². The number of halogens is 1. The molecule has 1 atom stereocenters. The van der Waals surface area contributed by atoms with E-state index in [0.717, 1.165) is 16.4 Å². The molecule has 2 N–H and O–H groups in total. The smallest absolute Gasteiger partial charge is 0.237 e. The zero-order valence-corrected chi connectivity index (χ0v) is 17.3. The standard InChI is InChI=1S/C19H19ClN4OS2/c1-3-13-4-8-16(9-5-13)22-18-23-24-19(27-18)26-12(2)17(25)21-15-10-6-14(20)7-11-15/h4-12H,3H2,1-2H3,(H,21,25)(H,22,23)/t12-/m0/s1. The molecule has 0 aliphatic carbocycles. The normalized spacial score (nSPS) is 11.8. The van der Waals surface area contributed by atoms with E-state index in [4.69, 9.17) is 11.6 Å². The van der Waals surface area contributed by atoms with Crippen molar-refractivity contribution in [3.05, 3.63) is 59.1 Å². The molecule has 3 aromatic rings. The van der Waals surface area contributed by atoms with Gasteiger partial charge in [0.25, 0.3) is 0 Å². The van der Waals surface area contributed by atoms with Crippen molar-refractivity contribution in [2.75, 3.05) is 10.6 Å². The predicted octanol–water partition coefficient (Wildman–Crippen LogP) is 5.62. The summed E-state index contributed by atoms with van der Waals surface area (Å²) in [6.45, 7) is 3.97. The molecule has 5 nitrogen and oxygen atoms in total. The number of anilines is 3. The molecule has 1 aromatic heterocycles. The lowest BCUT2D eigenvalue weighted by Gasteiger charge is -2.10. The summed E-state index contributed by atoms with van der Waals surface area (Å²) in [6.07, 6.45) is 1.01. The Bertz CT molecular complexity index is 897. The number of thioether (sulfide) groups is 1. The number of carbonyl (C=O) groups excluding carboxylic acids is 1. The number of nitrogens with one attached hydrogen (secondary N) is 2. The van der Waals surface area contributed by atoms with Crippen molar-refractivity contribution in [1.29, 1.82) is 0 Å². The lowest BCUT2D eigenvalue weighted by atomic mass is 10.1. The van der Waals surface area contributed by atoms with Crippen molar-refractivity contribution < 1.29 is 4.79 Å². The molecular weight excluding hydrogens is 400 g/mol. The summed E-state index contributed by atoms with van der Waals surface area (Å²) < 4.78 is 0.737. The van der Waals surface area contributed by atoms with E-state index in [1.165, 1.54) is 28.7 Å². The third-order valence-corrected chi connectivity index (χ3v) is 6.05. The Labute approximate surface area is 171 Å². The number of benzene rings is 2. The summed E-state index contributed by atoms with van der Waals surface area (Å²) in [5.41, 5.74) is 2.97. The van der Waals surface area contributed by atoms with Gasteiger partial charge in [0, 0.05) is 16.4 Å². The molecule has 27 heavy (non-hydrogen) atoms. The third-order valence-electron chi connectivity index (χ3n) is 3.78. The van der Waals surface area contributed by atoms with E-state index in [0.29, 0.717) is 15.8 Å². The van der Waals surface area contributed by atoms with Gasteiger partial charge in [0.2, 0.25) is 11.0 Å². The van der Waals surface area contributed by atoms with Gasteiger partial charge in [0.15, 0.2) is 4.34 Å². The first-order valence-corrected chi connectivity index (χ1v) is 10.5. The molecule has 0 bridgehead atoms. The summed E-state index contributed by atoms with van der Waals surface area (Å²) in [5.74, 6) is -0.0952. The highest BCUT2D eigenvalue weighted by Gasteiger charge is 2.17. The summed E-state index contributed by atoms with van der Waals surface area (Å²) in [5, 5.41) is 15.5. The van der Waals surface area contributed by atoms with Crippen LogP contribution in [0.15, 0.2) is 52.9 Å². The number of carbonyl (C=O) groups is 1. The van der Waals surface area contributed by atoms with E-state index in [1.54, 1.807) is 24.3 Å². The van der Waals surface area contributed by atoms with Gasteiger partial charge in [-0.3, -0.25) is 4.79 Å². The molecule has 2 aromatic carbocycles. The van der Waals surface area contributed by atoms with Crippen molar-refractivity contribution in [3.8, 4) is 0 Å². The number of aryl methyl sites for hydroxylation is 1. The monoisotopic (exact) mass is 418 g/mol. The molecule has 0 spiro atoms. The number of nitrogens with zero attached hydrogens (tertiary/aromatic N) is 2. The van der Waals surface area contributed by atoms with Crippen molar-refractivity contribution in [1.82, 2.24) is 10.2 Å². The zero-order chi connectivity index (χ0) is 19.2. The van der Waals surface area contributed by atoms with Crippen LogP contribution in [-0.2, 0) is 11.2 Å². The van der Waals surface area contributed by atoms with E-state index in [9.17, 15) is 4.79 Å². The van der Waals surface area contributed by atoms with Gasteiger partial charge in [-0.15, -0.1) is 10.2 Å². The average molecular weight is 419 g/mol. The predicted molar refractivity (Wildman–Crippen MR) is 114 cm³/mol. The molecule has 1 heterocycles. The summed E-state index contributed by atoms with van der Waals surface area (Å²) >= 11 is 8.66.